The molecule has 0 spiro atoms. The van der Waals surface area contributed by atoms with Crippen LogP contribution in [0.5, 0.6) is 23.0 Å². The summed E-state index contributed by atoms with van der Waals surface area (Å²) < 4.78 is 16.8. The predicted molar refractivity (Wildman–Crippen MR) is 114 cm³/mol. The normalized spacial score (nSPS) is 18.1. The lowest BCUT2D eigenvalue weighted by Gasteiger charge is -2.21. The topological polar surface area (TPSA) is 68.2 Å². The van der Waals surface area contributed by atoms with Crippen LogP contribution in [0.4, 0.5) is 0 Å². The van der Waals surface area contributed by atoms with Crippen molar-refractivity contribution in [1.29, 1.82) is 0 Å². The molecule has 0 radical (unpaired) electrons. The molecule has 1 fully saturated rings. The van der Waals surface area contributed by atoms with Crippen LogP contribution in [0.25, 0.3) is 6.08 Å². The summed E-state index contributed by atoms with van der Waals surface area (Å²) in [5, 5.41) is 10.5. The zero-order chi connectivity index (χ0) is 21.1. The van der Waals surface area contributed by atoms with Gasteiger partial charge in [0.25, 0.3) is 0 Å². The number of hydrogen-bond acceptors (Lipinski definition) is 6. The summed E-state index contributed by atoms with van der Waals surface area (Å²) in [4.78, 5) is 15.3. The molecule has 30 heavy (non-hydrogen) atoms. The Bertz CT molecular complexity index is 974. The van der Waals surface area contributed by atoms with Crippen LogP contribution in [0.1, 0.15) is 47.2 Å². The molecule has 0 atom stereocenters. The van der Waals surface area contributed by atoms with Crippen molar-refractivity contribution in [1.82, 2.24) is 4.90 Å². The first-order valence-corrected chi connectivity index (χ1v) is 10.3. The van der Waals surface area contributed by atoms with Gasteiger partial charge in [-0.3, -0.25) is 9.69 Å². The molecular weight excluding hydrogens is 382 g/mol. The van der Waals surface area contributed by atoms with Crippen molar-refractivity contribution >= 4 is 11.9 Å². The summed E-state index contributed by atoms with van der Waals surface area (Å²) in [6, 6.07) is 8.68. The van der Waals surface area contributed by atoms with Crippen LogP contribution in [0.15, 0.2) is 36.1 Å². The van der Waals surface area contributed by atoms with Gasteiger partial charge in [0.15, 0.2) is 17.3 Å². The average molecular weight is 409 g/mol. The molecule has 2 aromatic rings. The van der Waals surface area contributed by atoms with Gasteiger partial charge in [0, 0.05) is 12.1 Å². The Balaban J connectivity index is 1.67. The van der Waals surface area contributed by atoms with E-state index in [1.165, 1.54) is 12.8 Å². The van der Waals surface area contributed by atoms with Gasteiger partial charge in [-0.05, 0) is 50.2 Å². The maximum absolute atomic E-state index is 13.0. The number of allylic oxidation sites excluding steroid dienone is 1. The van der Waals surface area contributed by atoms with E-state index < -0.39 is 0 Å². The number of para-hydroxylation sites is 1. The summed E-state index contributed by atoms with van der Waals surface area (Å²) in [6.07, 6.45) is 6.43. The molecule has 1 saturated heterocycles. The van der Waals surface area contributed by atoms with Crippen LogP contribution in [0.2, 0.25) is 0 Å². The molecule has 0 unspecified atom stereocenters. The van der Waals surface area contributed by atoms with Crippen molar-refractivity contribution in [3.05, 3.63) is 52.8 Å². The highest BCUT2D eigenvalue weighted by Gasteiger charge is 2.32. The molecule has 0 amide bonds. The number of nitrogens with zero attached hydrogens (tertiary/aromatic N) is 1. The van der Waals surface area contributed by atoms with Crippen LogP contribution in [0, 0.1) is 0 Å². The van der Waals surface area contributed by atoms with Gasteiger partial charge >= 0.3 is 0 Å². The number of likely N-dealkylation sites (tertiary alicyclic amines) is 1. The summed E-state index contributed by atoms with van der Waals surface area (Å²) in [7, 11) is 3.13. The van der Waals surface area contributed by atoms with E-state index in [1.54, 1.807) is 38.5 Å². The van der Waals surface area contributed by atoms with Crippen molar-refractivity contribution in [2.24, 2.45) is 0 Å². The maximum Gasteiger partial charge on any atom is 0.231 e. The molecule has 4 rings (SSSR count). The molecule has 2 aliphatic rings. The number of carbonyl (C=O) groups excluding carboxylic acids is 1. The lowest BCUT2D eigenvalue weighted by atomic mass is 10.0. The molecule has 2 aromatic carbocycles. The smallest absolute Gasteiger partial charge is 0.231 e. The fraction of sp³-hybridized carbons (Fsp3) is 0.375. The molecule has 6 heteroatoms. The molecule has 0 aliphatic carbocycles. The van der Waals surface area contributed by atoms with Crippen LogP contribution in [-0.4, -0.2) is 43.1 Å². The lowest BCUT2D eigenvalue weighted by Crippen LogP contribution is -2.24. The number of fused-ring (bicyclic) bond motifs is 1. The Morgan fingerprint density at radius 1 is 1.07 bits per heavy atom. The molecular formula is C24H27NO5. The van der Waals surface area contributed by atoms with Crippen molar-refractivity contribution in [3.8, 4) is 23.0 Å². The fourth-order valence-corrected chi connectivity index (χ4v) is 4.13. The minimum Gasteiger partial charge on any atom is -0.507 e. The summed E-state index contributed by atoms with van der Waals surface area (Å²) in [5.41, 5.74) is 1.83. The number of benzene rings is 2. The van der Waals surface area contributed by atoms with Gasteiger partial charge < -0.3 is 19.3 Å². The minimum absolute atomic E-state index is 0.158. The second kappa shape index (κ2) is 8.79. The largest absolute Gasteiger partial charge is 0.507 e. The summed E-state index contributed by atoms with van der Waals surface area (Å²) >= 11 is 0. The van der Waals surface area contributed by atoms with E-state index in [9.17, 15) is 9.90 Å². The van der Waals surface area contributed by atoms with E-state index in [-0.39, 0.29) is 17.3 Å². The second-order valence-corrected chi connectivity index (χ2v) is 7.65. The molecule has 0 aromatic heterocycles. The van der Waals surface area contributed by atoms with Gasteiger partial charge in [-0.15, -0.1) is 0 Å². The van der Waals surface area contributed by atoms with Gasteiger partial charge in [-0.25, -0.2) is 0 Å². The van der Waals surface area contributed by atoms with Gasteiger partial charge in [0.05, 0.1) is 25.3 Å². The zero-order valence-corrected chi connectivity index (χ0v) is 17.4. The first-order valence-electron chi connectivity index (χ1n) is 10.3. The van der Waals surface area contributed by atoms with Gasteiger partial charge in [0.2, 0.25) is 5.78 Å². The van der Waals surface area contributed by atoms with E-state index in [1.807, 2.05) is 12.1 Å². The first kappa shape index (κ1) is 20.3. The van der Waals surface area contributed by atoms with E-state index in [2.05, 4.69) is 4.90 Å². The molecule has 0 bridgehead atoms. The molecule has 2 heterocycles. The van der Waals surface area contributed by atoms with Gasteiger partial charge in [0.1, 0.15) is 11.5 Å². The monoisotopic (exact) mass is 409 g/mol. The van der Waals surface area contributed by atoms with Crippen molar-refractivity contribution in [2.75, 3.05) is 27.3 Å². The number of Topliss-reactive ketones (excluding diaryl/α,β-unsaturated/α-hetero) is 1. The van der Waals surface area contributed by atoms with Crippen molar-refractivity contribution in [3.63, 3.8) is 0 Å². The number of ketones is 1. The van der Waals surface area contributed by atoms with Crippen LogP contribution >= 0.6 is 0 Å². The quantitative estimate of drug-likeness (QED) is 0.738. The maximum atomic E-state index is 13.0. The molecule has 158 valence electrons. The fourth-order valence-electron chi connectivity index (χ4n) is 4.13. The van der Waals surface area contributed by atoms with Crippen LogP contribution in [-0.2, 0) is 6.54 Å². The third-order valence-corrected chi connectivity index (χ3v) is 5.72. The van der Waals surface area contributed by atoms with E-state index in [4.69, 9.17) is 14.2 Å². The Hall–Kier alpha value is -2.99. The number of hydrogen-bond donors (Lipinski definition) is 1. The Labute approximate surface area is 176 Å². The third-order valence-electron chi connectivity index (χ3n) is 5.72. The Kier molecular flexibility index (Phi) is 5.95. The van der Waals surface area contributed by atoms with Crippen molar-refractivity contribution in [2.45, 2.75) is 32.2 Å². The molecule has 1 N–H and O–H groups in total. The van der Waals surface area contributed by atoms with Crippen LogP contribution in [0.3, 0.4) is 0 Å². The molecule has 0 saturated carbocycles. The third kappa shape index (κ3) is 3.87. The molecule has 6 nitrogen and oxygen atoms in total. The number of aromatic hydroxyl groups is 1. The number of phenolic OH excluding ortho intramolecular Hbond substituents is 1. The van der Waals surface area contributed by atoms with Crippen LogP contribution < -0.4 is 14.2 Å². The number of carbonyl (C=O) groups is 1. The van der Waals surface area contributed by atoms with Gasteiger partial charge in [-0.2, -0.15) is 0 Å². The van der Waals surface area contributed by atoms with E-state index >= 15 is 0 Å². The number of rotatable bonds is 5. The number of methoxy groups -OCH3 is 2. The highest BCUT2D eigenvalue weighted by Crippen LogP contribution is 2.41. The Morgan fingerprint density at radius 3 is 2.53 bits per heavy atom. The highest BCUT2D eigenvalue weighted by atomic mass is 16.5. The number of ether oxygens (including phenoxy) is 3. The van der Waals surface area contributed by atoms with E-state index in [0.717, 1.165) is 25.9 Å². The van der Waals surface area contributed by atoms with E-state index in [0.29, 0.717) is 40.5 Å². The summed E-state index contributed by atoms with van der Waals surface area (Å²) in [5.74, 6) is 1.73. The second-order valence-electron chi connectivity index (χ2n) is 7.65. The highest BCUT2D eigenvalue weighted by molar-refractivity contribution is 6.15. The standard InChI is InChI=1S/C24H27NO5/c1-28-20-9-7-8-16(23(20)29-2)14-21-22(27)17-10-11-19(26)18(24(17)30-21)15-25-12-5-3-4-6-13-25/h7-11,14,26H,3-6,12-13,15H2,1-2H3. The first-order chi connectivity index (χ1) is 14.6. The SMILES string of the molecule is COc1cccc(C=C2Oc3c(ccc(O)c3CN3CCCCCC3)C2=O)c1OC. The van der Waals surface area contributed by atoms with Gasteiger partial charge in [-0.1, -0.05) is 25.0 Å². The Morgan fingerprint density at radius 2 is 1.83 bits per heavy atom. The average Bonchev–Trinajstić information content (AvgIpc) is 2.92. The predicted octanol–water partition coefficient (Wildman–Crippen LogP) is 4.40. The lowest BCUT2D eigenvalue weighted by molar-refractivity contribution is 0.101. The van der Waals surface area contributed by atoms with Crippen molar-refractivity contribution < 1.29 is 24.1 Å². The minimum atomic E-state index is -0.202. The zero-order valence-electron chi connectivity index (χ0n) is 17.4. The number of phenols is 1. The molecule has 2 aliphatic heterocycles. The summed E-state index contributed by atoms with van der Waals surface area (Å²) in [6.45, 7) is 2.54.